The van der Waals surface area contributed by atoms with Crippen molar-refractivity contribution in [2.24, 2.45) is 0 Å². The molecule has 1 fully saturated rings. The van der Waals surface area contributed by atoms with E-state index in [0.717, 1.165) is 32.7 Å². The van der Waals surface area contributed by atoms with Crippen LogP contribution in [0.15, 0.2) is 0 Å². The minimum absolute atomic E-state index is 0.205. The first-order valence-electron chi connectivity index (χ1n) is 6.73. The number of methoxy groups -OCH3 is 1. The number of esters is 1. The fourth-order valence-corrected chi connectivity index (χ4v) is 2.43. The highest BCUT2D eigenvalue weighted by molar-refractivity contribution is 5.80. The van der Waals surface area contributed by atoms with Gasteiger partial charge in [-0.05, 0) is 19.9 Å². The highest BCUT2D eigenvalue weighted by Crippen LogP contribution is 2.14. The van der Waals surface area contributed by atoms with Crippen LogP contribution in [0.4, 0.5) is 0 Å². The van der Waals surface area contributed by atoms with E-state index in [0.29, 0.717) is 6.54 Å². The lowest BCUT2D eigenvalue weighted by molar-refractivity contribution is -0.149. The SMILES string of the molecule is CCNC(C)(CN1CCOC(CC)C1)C(=O)OC. The molecule has 1 N–H and O–H groups in total. The lowest BCUT2D eigenvalue weighted by atomic mass is 10.0. The first kappa shape index (κ1) is 15.4. The highest BCUT2D eigenvalue weighted by atomic mass is 16.5. The second-order valence-corrected chi connectivity index (χ2v) is 4.99. The fraction of sp³-hybridized carbons (Fsp3) is 0.923. The van der Waals surface area contributed by atoms with Gasteiger partial charge in [0.15, 0.2) is 0 Å². The molecule has 0 aliphatic carbocycles. The molecule has 1 heterocycles. The summed E-state index contributed by atoms with van der Waals surface area (Å²) < 4.78 is 10.5. The van der Waals surface area contributed by atoms with Crippen molar-refractivity contribution in [2.75, 3.05) is 39.9 Å². The van der Waals surface area contributed by atoms with Crippen molar-refractivity contribution >= 4 is 5.97 Å². The van der Waals surface area contributed by atoms with E-state index in [-0.39, 0.29) is 12.1 Å². The van der Waals surface area contributed by atoms with E-state index in [2.05, 4.69) is 17.1 Å². The zero-order chi connectivity index (χ0) is 13.6. The summed E-state index contributed by atoms with van der Waals surface area (Å²) in [4.78, 5) is 14.2. The van der Waals surface area contributed by atoms with Crippen molar-refractivity contribution in [2.45, 2.75) is 38.8 Å². The van der Waals surface area contributed by atoms with Crippen LogP contribution in [0.5, 0.6) is 0 Å². The second-order valence-electron chi connectivity index (χ2n) is 4.99. The third-order valence-electron chi connectivity index (χ3n) is 3.42. The summed E-state index contributed by atoms with van der Waals surface area (Å²) in [7, 11) is 1.44. The number of rotatable bonds is 6. The molecule has 5 heteroatoms. The molecule has 1 saturated heterocycles. The summed E-state index contributed by atoms with van der Waals surface area (Å²) in [5, 5.41) is 3.23. The average molecular weight is 258 g/mol. The molecule has 5 nitrogen and oxygen atoms in total. The van der Waals surface area contributed by atoms with Crippen molar-refractivity contribution < 1.29 is 14.3 Å². The number of morpholine rings is 1. The van der Waals surface area contributed by atoms with E-state index in [1.165, 1.54) is 7.11 Å². The summed E-state index contributed by atoms with van der Waals surface area (Å²) >= 11 is 0. The number of hydrogen-bond donors (Lipinski definition) is 1. The van der Waals surface area contributed by atoms with Crippen LogP contribution in [0.25, 0.3) is 0 Å². The molecule has 1 aliphatic heterocycles. The number of carbonyl (C=O) groups is 1. The molecule has 1 aliphatic rings. The van der Waals surface area contributed by atoms with Gasteiger partial charge in [-0.25, -0.2) is 0 Å². The predicted molar refractivity (Wildman–Crippen MR) is 70.6 cm³/mol. The number of nitrogens with zero attached hydrogens (tertiary/aromatic N) is 1. The van der Waals surface area contributed by atoms with Gasteiger partial charge < -0.3 is 14.8 Å². The molecule has 0 aromatic heterocycles. The van der Waals surface area contributed by atoms with Crippen LogP contribution in [0.1, 0.15) is 27.2 Å². The summed E-state index contributed by atoms with van der Waals surface area (Å²) in [5.74, 6) is -0.205. The number of carbonyl (C=O) groups excluding carboxylic acids is 1. The quantitative estimate of drug-likeness (QED) is 0.709. The number of hydrogen-bond acceptors (Lipinski definition) is 5. The van der Waals surface area contributed by atoms with Crippen LogP contribution in [-0.4, -0.2) is 62.4 Å². The van der Waals surface area contributed by atoms with Gasteiger partial charge in [0.05, 0.1) is 19.8 Å². The largest absolute Gasteiger partial charge is 0.468 e. The molecule has 18 heavy (non-hydrogen) atoms. The number of ether oxygens (including phenoxy) is 2. The molecule has 0 amide bonds. The molecule has 0 bridgehead atoms. The molecule has 0 spiro atoms. The lowest BCUT2D eigenvalue weighted by Crippen LogP contribution is -2.59. The molecular weight excluding hydrogens is 232 g/mol. The molecule has 2 unspecified atom stereocenters. The van der Waals surface area contributed by atoms with Crippen LogP contribution in [-0.2, 0) is 14.3 Å². The number of likely N-dealkylation sites (N-methyl/N-ethyl adjacent to an activating group) is 1. The summed E-state index contributed by atoms with van der Waals surface area (Å²) in [6, 6.07) is 0. The van der Waals surface area contributed by atoms with Crippen molar-refractivity contribution in [1.82, 2.24) is 10.2 Å². The van der Waals surface area contributed by atoms with Gasteiger partial charge in [-0.1, -0.05) is 13.8 Å². The standard InChI is InChI=1S/C13H26N2O3/c1-5-11-9-15(7-8-18-11)10-13(3,14-6-2)12(16)17-4/h11,14H,5-10H2,1-4H3. The van der Waals surface area contributed by atoms with Crippen molar-refractivity contribution in [3.63, 3.8) is 0 Å². The molecule has 106 valence electrons. The molecule has 0 aromatic rings. The maximum Gasteiger partial charge on any atom is 0.327 e. The summed E-state index contributed by atoms with van der Waals surface area (Å²) in [6.07, 6.45) is 1.29. The Morgan fingerprint density at radius 2 is 2.28 bits per heavy atom. The van der Waals surface area contributed by atoms with Gasteiger partial charge >= 0.3 is 5.97 Å². The van der Waals surface area contributed by atoms with Crippen molar-refractivity contribution in [1.29, 1.82) is 0 Å². The monoisotopic (exact) mass is 258 g/mol. The molecule has 0 saturated carbocycles. The Morgan fingerprint density at radius 3 is 2.83 bits per heavy atom. The van der Waals surface area contributed by atoms with Gasteiger partial charge in [0.2, 0.25) is 0 Å². The van der Waals surface area contributed by atoms with E-state index < -0.39 is 5.54 Å². The Balaban J connectivity index is 2.62. The van der Waals surface area contributed by atoms with Crippen LogP contribution in [0.3, 0.4) is 0 Å². The lowest BCUT2D eigenvalue weighted by Gasteiger charge is -2.38. The van der Waals surface area contributed by atoms with Gasteiger partial charge in [-0.3, -0.25) is 9.69 Å². The third kappa shape index (κ3) is 3.93. The van der Waals surface area contributed by atoms with Gasteiger partial charge in [0.25, 0.3) is 0 Å². The fourth-order valence-electron chi connectivity index (χ4n) is 2.43. The molecule has 0 radical (unpaired) electrons. The Bertz CT molecular complexity index is 273. The molecule has 1 rings (SSSR count). The number of nitrogens with one attached hydrogen (secondary N) is 1. The Kier molecular flexibility index (Phi) is 6.05. The Hall–Kier alpha value is -0.650. The first-order valence-corrected chi connectivity index (χ1v) is 6.73. The molecular formula is C13H26N2O3. The first-order chi connectivity index (χ1) is 8.55. The van der Waals surface area contributed by atoms with Crippen LogP contribution in [0, 0.1) is 0 Å². The summed E-state index contributed by atoms with van der Waals surface area (Å²) in [5.41, 5.74) is -0.640. The van der Waals surface area contributed by atoms with Crippen LogP contribution >= 0.6 is 0 Å². The van der Waals surface area contributed by atoms with Crippen molar-refractivity contribution in [3.8, 4) is 0 Å². The minimum Gasteiger partial charge on any atom is -0.468 e. The predicted octanol–water partition coefficient (Wildman–Crippen LogP) is 0.638. The van der Waals surface area contributed by atoms with E-state index >= 15 is 0 Å². The minimum atomic E-state index is -0.640. The normalized spacial score (nSPS) is 24.6. The zero-order valence-corrected chi connectivity index (χ0v) is 12.0. The van der Waals surface area contributed by atoms with E-state index in [1.807, 2.05) is 13.8 Å². The van der Waals surface area contributed by atoms with E-state index in [4.69, 9.17) is 9.47 Å². The maximum atomic E-state index is 11.9. The average Bonchev–Trinajstić information content (AvgIpc) is 2.38. The smallest absolute Gasteiger partial charge is 0.327 e. The van der Waals surface area contributed by atoms with Gasteiger partial charge in [0, 0.05) is 19.6 Å². The van der Waals surface area contributed by atoms with Crippen molar-refractivity contribution in [3.05, 3.63) is 0 Å². The Labute approximate surface area is 110 Å². The van der Waals surface area contributed by atoms with Crippen LogP contribution < -0.4 is 5.32 Å². The summed E-state index contributed by atoms with van der Waals surface area (Å²) in [6.45, 7) is 9.91. The van der Waals surface area contributed by atoms with Crippen LogP contribution in [0.2, 0.25) is 0 Å². The van der Waals surface area contributed by atoms with Gasteiger partial charge in [-0.2, -0.15) is 0 Å². The van der Waals surface area contributed by atoms with E-state index in [1.54, 1.807) is 0 Å². The molecule has 0 aromatic carbocycles. The molecule has 2 atom stereocenters. The van der Waals surface area contributed by atoms with Gasteiger partial charge in [0.1, 0.15) is 5.54 Å². The van der Waals surface area contributed by atoms with E-state index in [9.17, 15) is 4.79 Å². The third-order valence-corrected chi connectivity index (χ3v) is 3.42. The maximum absolute atomic E-state index is 11.9. The highest BCUT2D eigenvalue weighted by Gasteiger charge is 2.36. The topological polar surface area (TPSA) is 50.8 Å². The zero-order valence-electron chi connectivity index (χ0n) is 12.0. The Morgan fingerprint density at radius 1 is 1.56 bits per heavy atom. The second kappa shape index (κ2) is 7.07. The van der Waals surface area contributed by atoms with Gasteiger partial charge in [-0.15, -0.1) is 0 Å².